The fraction of sp³-hybridized carbons (Fsp3) is 0.750. The topological polar surface area (TPSA) is 51.0 Å². The van der Waals surface area contributed by atoms with Crippen LogP contribution in [0.25, 0.3) is 0 Å². The van der Waals surface area contributed by atoms with E-state index in [-0.39, 0.29) is 12.4 Å². The highest BCUT2D eigenvalue weighted by atomic mass is 35.5. The van der Waals surface area contributed by atoms with Gasteiger partial charge in [0.25, 0.3) is 0 Å². The molecule has 0 aromatic carbocycles. The van der Waals surface area contributed by atoms with Gasteiger partial charge in [-0.05, 0) is 19.9 Å². The predicted molar refractivity (Wildman–Crippen MR) is 52.9 cm³/mol. The summed E-state index contributed by atoms with van der Waals surface area (Å²) >= 11 is 0. The minimum absolute atomic E-state index is 0. The number of unbranched alkanes of at least 4 members (excludes halogenated alkanes) is 1. The Morgan fingerprint density at radius 1 is 1.46 bits per heavy atom. The van der Waals surface area contributed by atoms with Crippen molar-refractivity contribution in [1.82, 2.24) is 15.5 Å². The predicted octanol–water partition coefficient (Wildman–Crippen LogP) is 1.69. The van der Waals surface area contributed by atoms with Crippen molar-refractivity contribution in [2.45, 2.75) is 33.2 Å². The Labute approximate surface area is 84.5 Å². The number of hydrogen-bond donors (Lipinski definition) is 1. The first-order valence-electron chi connectivity index (χ1n) is 4.33. The van der Waals surface area contributed by atoms with Gasteiger partial charge >= 0.3 is 0 Å². The molecule has 5 heteroatoms. The van der Waals surface area contributed by atoms with Crippen LogP contribution in [0.5, 0.6) is 0 Å². The van der Waals surface area contributed by atoms with Crippen LogP contribution in [-0.2, 0) is 6.54 Å². The largest absolute Gasteiger partial charge is 0.338 e. The smallest absolute Gasteiger partial charge is 0.240 e. The number of aryl methyl sites for hydroxylation is 1. The van der Waals surface area contributed by atoms with E-state index in [9.17, 15) is 0 Å². The molecule has 0 saturated carbocycles. The second kappa shape index (κ2) is 6.86. The van der Waals surface area contributed by atoms with Crippen molar-refractivity contribution < 1.29 is 4.52 Å². The second-order valence-electron chi connectivity index (χ2n) is 2.77. The summed E-state index contributed by atoms with van der Waals surface area (Å²) in [5, 5.41) is 6.91. The van der Waals surface area contributed by atoms with E-state index >= 15 is 0 Å². The third kappa shape index (κ3) is 4.85. The minimum Gasteiger partial charge on any atom is -0.338 e. The summed E-state index contributed by atoms with van der Waals surface area (Å²) in [5.74, 6) is 1.37. The van der Waals surface area contributed by atoms with Gasteiger partial charge in [-0.2, -0.15) is 4.98 Å². The van der Waals surface area contributed by atoms with Crippen LogP contribution < -0.4 is 5.32 Å². The molecule has 0 fully saturated rings. The maximum Gasteiger partial charge on any atom is 0.240 e. The van der Waals surface area contributed by atoms with Crippen molar-refractivity contribution in [3.05, 3.63) is 11.7 Å². The van der Waals surface area contributed by atoms with Crippen LogP contribution in [0, 0.1) is 6.92 Å². The molecule has 0 unspecified atom stereocenters. The van der Waals surface area contributed by atoms with E-state index in [1.54, 1.807) is 0 Å². The summed E-state index contributed by atoms with van der Waals surface area (Å²) < 4.78 is 4.92. The standard InChI is InChI=1S/C8H15N3O.ClH/c1-3-4-5-9-6-8-10-7(2)11-12-8;/h9H,3-6H2,1-2H3;1H. The van der Waals surface area contributed by atoms with Crippen molar-refractivity contribution in [1.29, 1.82) is 0 Å². The Morgan fingerprint density at radius 3 is 2.77 bits per heavy atom. The monoisotopic (exact) mass is 205 g/mol. The molecule has 4 nitrogen and oxygen atoms in total. The van der Waals surface area contributed by atoms with Gasteiger partial charge in [-0.25, -0.2) is 0 Å². The van der Waals surface area contributed by atoms with Crippen molar-refractivity contribution in [2.75, 3.05) is 6.54 Å². The highest BCUT2D eigenvalue weighted by molar-refractivity contribution is 5.85. The van der Waals surface area contributed by atoms with Gasteiger partial charge in [-0.1, -0.05) is 18.5 Å². The third-order valence-corrected chi connectivity index (χ3v) is 1.55. The Bertz CT molecular complexity index is 227. The molecule has 0 spiro atoms. The summed E-state index contributed by atoms with van der Waals surface area (Å²) in [7, 11) is 0. The highest BCUT2D eigenvalue weighted by Crippen LogP contribution is 1.94. The molecule has 0 saturated heterocycles. The van der Waals surface area contributed by atoms with E-state index < -0.39 is 0 Å². The molecule has 0 aliphatic heterocycles. The normalized spacial score (nSPS) is 9.69. The summed E-state index contributed by atoms with van der Waals surface area (Å²) in [6, 6.07) is 0. The first-order valence-corrected chi connectivity index (χ1v) is 4.33. The molecular formula is C8H16ClN3O. The van der Waals surface area contributed by atoms with Crippen LogP contribution in [0.4, 0.5) is 0 Å². The van der Waals surface area contributed by atoms with Gasteiger partial charge in [0.2, 0.25) is 5.89 Å². The van der Waals surface area contributed by atoms with E-state index in [1.807, 2.05) is 6.92 Å². The molecule has 1 aromatic heterocycles. The maximum atomic E-state index is 4.92. The SMILES string of the molecule is CCCCNCc1nc(C)no1.Cl. The minimum atomic E-state index is 0. The van der Waals surface area contributed by atoms with Crippen LogP contribution in [-0.4, -0.2) is 16.7 Å². The Hall–Kier alpha value is -0.610. The fourth-order valence-electron chi connectivity index (χ4n) is 0.909. The highest BCUT2D eigenvalue weighted by Gasteiger charge is 1.99. The van der Waals surface area contributed by atoms with E-state index in [4.69, 9.17) is 4.52 Å². The number of aromatic nitrogens is 2. The van der Waals surface area contributed by atoms with Gasteiger partial charge in [-0.15, -0.1) is 12.4 Å². The lowest BCUT2D eigenvalue weighted by Gasteiger charge is -1.97. The van der Waals surface area contributed by atoms with Crippen LogP contribution in [0.15, 0.2) is 4.52 Å². The molecule has 0 aliphatic rings. The summed E-state index contributed by atoms with van der Waals surface area (Å²) in [6.07, 6.45) is 2.39. The zero-order valence-corrected chi connectivity index (χ0v) is 8.86. The quantitative estimate of drug-likeness (QED) is 0.744. The van der Waals surface area contributed by atoms with E-state index in [0.29, 0.717) is 18.3 Å². The third-order valence-electron chi connectivity index (χ3n) is 1.55. The molecule has 0 amide bonds. The molecule has 1 rings (SSSR count). The van der Waals surface area contributed by atoms with Crippen LogP contribution in [0.3, 0.4) is 0 Å². The van der Waals surface area contributed by atoms with Gasteiger partial charge in [0.1, 0.15) is 0 Å². The van der Waals surface area contributed by atoms with Crippen LogP contribution >= 0.6 is 12.4 Å². The van der Waals surface area contributed by atoms with Crippen LogP contribution in [0.2, 0.25) is 0 Å². The molecule has 0 aliphatic carbocycles. The molecule has 76 valence electrons. The molecule has 1 aromatic rings. The molecule has 0 bridgehead atoms. The summed E-state index contributed by atoms with van der Waals surface area (Å²) in [5.41, 5.74) is 0. The number of hydrogen-bond acceptors (Lipinski definition) is 4. The first kappa shape index (κ1) is 12.4. The second-order valence-corrected chi connectivity index (χ2v) is 2.77. The van der Waals surface area contributed by atoms with Crippen LogP contribution in [0.1, 0.15) is 31.5 Å². The lowest BCUT2D eigenvalue weighted by Crippen LogP contribution is -2.14. The van der Waals surface area contributed by atoms with Crippen molar-refractivity contribution >= 4 is 12.4 Å². The number of nitrogens with zero attached hydrogens (tertiary/aromatic N) is 2. The zero-order valence-electron chi connectivity index (χ0n) is 8.04. The van der Waals surface area contributed by atoms with Crippen molar-refractivity contribution in [3.8, 4) is 0 Å². The van der Waals surface area contributed by atoms with Crippen molar-refractivity contribution in [2.24, 2.45) is 0 Å². The number of nitrogens with one attached hydrogen (secondary N) is 1. The molecule has 0 radical (unpaired) electrons. The number of halogens is 1. The summed E-state index contributed by atoms with van der Waals surface area (Å²) in [6.45, 7) is 5.68. The van der Waals surface area contributed by atoms with E-state index in [0.717, 1.165) is 6.54 Å². The Morgan fingerprint density at radius 2 is 2.23 bits per heavy atom. The Balaban J connectivity index is 0.00000144. The molecular weight excluding hydrogens is 190 g/mol. The summed E-state index contributed by atoms with van der Waals surface area (Å²) in [4.78, 5) is 4.07. The van der Waals surface area contributed by atoms with Gasteiger partial charge < -0.3 is 9.84 Å². The lowest BCUT2D eigenvalue weighted by atomic mass is 10.3. The van der Waals surface area contributed by atoms with Gasteiger partial charge in [0, 0.05) is 0 Å². The number of rotatable bonds is 5. The van der Waals surface area contributed by atoms with Crippen molar-refractivity contribution in [3.63, 3.8) is 0 Å². The Kier molecular flexibility index (Phi) is 6.54. The average molecular weight is 206 g/mol. The zero-order chi connectivity index (χ0) is 8.81. The van der Waals surface area contributed by atoms with E-state index in [2.05, 4.69) is 22.4 Å². The maximum absolute atomic E-state index is 4.92. The molecule has 13 heavy (non-hydrogen) atoms. The van der Waals surface area contributed by atoms with Gasteiger partial charge in [-0.3, -0.25) is 0 Å². The molecule has 0 atom stereocenters. The van der Waals surface area contributed by atoms with Gasteiger partial charge in [0.05, 0.1) is 6.54 Å². The van der Waals surface area contributed by atoms with Gasteiger partial charge in [0.15, 0.2) is 5.82 Å². The lowest BCUT2D eigenvalue weighted by molar-refractivity contribution is 0.364. The molecule has 1 heterocycles. The fourth-order valence-corrected chi connectivity index (χ4v) is 0.909. The molecule has 1 N–H and O–H groups in total. The average Bonchev–Trinajstić information content (AvgIpc) is 2.45. The van der Waals surface area contributed by atoms with E-state index in [1.165, 1.54) is 12.8 Å². The first-order chi connectivity index (χ1) is 5.83.